The highest BCUT2D eigenvalue weighted by molar-refractivity contribution is 6.30. The number of hydrogen-bond acceptors (Lipinski definition) is 2. The average Bonchev–Trinajstić information content (AvgIpc) is 2.51. The van der Waals surface area contributed by atoms with Crippen LogP contribution in [0, 0.1) is 0 Å². The van der Waals surface area contributed by atoms with Crippen molar-refractivity contribution in [3.8, 4) is 0 Å². The van der Waals surface area contributed by atoms with Gasteiger partial charge in [-0.05, 0) is 37.1 Å². The van der Waals surface area contributed by atoms with Gasteiger partial charge in [0, 0.05) is 34.4 Å². The Bertz CT molecular complexity index is 546. The number of rotatable bonds is 3. The van der Waals surface area contributed by atoms with Gasteiger partial charge in [0.15, 0.2) is 5.78 Å². The quantitative estimate of drug-likeness (QED) is 0.767. The molecular weight excluding hydrogens is 258 g/mol. The molecule has 2 nitrogen and oxygen atoms in total. The number of allylic oxidation sites excluding steroid dienone is 2. The van der Waals surface area contributed by atoms with Gasteiger partial charge in [-0.2, -0.15) is 0 Å². The van der Waals surface area contributed by atoms with E-state index in [0.717, 1.165) is 23.7 Å². The molecule has 0 fully saturated rings. The molecule has 0 saturated heterocycles. The first-order valence-corrected chi connectivity index (χ1v) is 7.06. The molecule has 3 heteroatoms. The van der Waals surface area contributed by atoms with Crippen molar-refractivity contribution < 1.29 is 4.79 Å². The van der Waals surface area contributed by atoms with Crippen LogP contribution < -0.4 is 4.90 Å². The molecule has 1 aliphatic rings. The summed E-state index contributed by atoms with van der Waals surface area (Å²) in [4.78, 5) is 13.8. The standard InChI is InChI=1S/C16H20ClNO/c1-5-8-18-14-7-6-12(17)10-13(14)16(3,4)15(18)9-11(2)19/h6-7,9-10H,5,8H2,1-4H3/b15-9+. The third-order valence-corrected chi connectivity index (χ3v) is 3.88. The lowest BCUT2D eigenvalue weighted by Crippen LogP contribution is -2.27. The summed E-state index contributed by atoms with van der Waals surface area (Å²) in [5.41, 5.74) is 3.25. The maximum atomic E-state index is 11.5. The summed E-state index contributed by atoms with van der Waals surface area (Å²) in [6.07, 6.45) is 2.79. The number of carbonyl (C=O) groups is 1. The van der Waals surface area contributed by atoms with Gasteiger partial charge in [0.05, 0.1) is 0 Å². The zero-order valence-corrected chi connectivity index (χ0v) is 12.7. The molecule has 19 heavy (non-hydrogen) atoms. The Hall–Kier alpha value is -1.28. The minimum absolute atomic E-state index is 0.0862. The monoisotopic (exact) mass is 277 g/mol. The van der Waals surface area contributed by atoms with Crippen molar-refractivity contribution in [1.82, 2.24) is 0 Å². The maximum absolute atomic E-state index is 11.5. The molecule has 0 amide bonds. The maximum Gasteiger partial charge on any atom is 0.154 e. The normalized spacial score (nSPS) is 18.8. The second-order valence-corrected chi connectivity index (χ2v) is 6.01. The third kappa shape index (κ3) is 2.42. The molecule has 1 aromatic carbocycles. The third-order valence-electron chi connectivity index (χ3n) is 3.64. The van der Waals surface area contributed by atoms with Crippen LogP contribution in [0.3, 0.4) is 0 Å². The molecule has 2 rings (SSSR count). The van der Waals surface area contributed by atoms with E-state index in [9.17, 15) is 4.79 Å². The van der Waals surface area contributed by atoms with E-state index < -0.39 is 0 Å². The van der Waals surface area contributed by atoms with Gasteiger partial charge < -0.3 is 4.90 Å². The van der Waals surface area contributed by atoms with Crippen LogP contribution in [-0.4, -0.2) is 12.3 Å². The van der Waals surface area contributed by atoms with E-state index in [1.807, 2.05) is 12.1 Å². The number of halogens is 1. The Kier molecular flexibility index (Phi) is 3.73. The molecule has 0 spiro atoms. The average molecular weight is 278 g/mol. The van der Waals surface area contributed by atoms with E-state index in [-0.39, 0.29) is 11.2 Å². The largest absolute Gasteiger partial charge is 0.344 e. The van der Waals surface area contributed by atoms with Crippen molar-refractivity contribution >= 4 is 23.1 Å². The van der Waals surface area contributed by atoms with Gasteiger partial charge in [0.2, 0.25) is 0 Å². The molecule has 0 aromatic heterocycles. The van der Waals surface area contributed by atoms with Gasteiger partial charge >= 0.3 is 0 Å². The summed E-state index contributed by atoms with van der Waals surface area (Å²) >= 11 is 6.12. The predicted molar refractivity (Wildman–Crippen MR) is 80.9 cm³/mol. The van der Waals surface area contributed by atoms with Crippen LogP contribution in [0.4, 0.5) is 5.69 Å². The lowest BCUT2D eigenvalue weighted by molar-refractivity contribution is -0.112. The fraction of sp³-hybridized carbons (Fsp3) is 0.438. The highest BCUT2D eigenvalue weighted by Crippen LogP contribution is 2.48. The minimum Gasteiger partial charge on any atom is -0.344 e. The van der Waals surface area contributed by atoms with Gasteiger partial charge in [0.25, 0.3) is 0 Å². The number of fused-ring (bicyclic) bond motifs is 1. The zero-order chi connectivity index (χ0) is 14.2. The fourth-order valence-electron chi connectivity index (χ4n) is 2.76. The molecule has 0 bridgehead atoms. The highest BCUT2D eigenvalue weighted by atomic mass is 35.5. The van der Waals surface area contributed by atoms with Crippen LogP contribution in [0.5, 0.6) is 0 Å². The summed E-state index contributed by atoms with van der Waals surface area (Å²) in [6, 6.07) is 5.98. The number of benzene rings is 1. The van der Waals surface area contributed by atoms with Crippen molar-refractivity contribution in [2.45, 2.75) is 39.5 Å². The number of hydrogen-bond donors (Lipinski definition) is 0. The van der Waals surface area contributed by atoms with E-state index in [1.54, 1.807) is 13.0 Å². The Labute approximate surface area is 120 Å². The van der Waals surface area contributed by atoms with E-state index in [4.69, 9.17) is 11.6 Å². The number of anilines is 1. The molecule has 0 aliphatic carbocycles. The zero-order valence-electron chi connectivity index (χ0n) is 12.0. The van der Waals surface area contributed by atoms with Gasteiger partial charge in [-0.25, -0.2) is 0 Å². The van der Waals surface area contributed by atoms with Crippen molar-refractivity contribution in [3.63, 3.8) is 0 Å². The summed E-state index contributed by atoms with van der Waals surface area (Å²) < 4.78 is 0. The summed E-state index contributed by atoms with van der Waals surface area (Å²) in [5.74, 6) is 0.0862. The lowest BCUT2D eigenvalue weighted by Gasteiger charge is -2.26. The lowest BCUT2D eigenvalue weighted by atomic mass is 9.83. The van der Waals surface area contributed by atoms with Crippen molar-refractivity contribution in [2.24, 2.45) is 0 Å². The van der Waals surface area contributed by atoms with Crippen molar-refractivity contribution in [1.29, 1.82) is 0 Å². The van der Waals surface area contributed by atoms with E-state index >= 15 is 0 Å². The van der Waals surface area contributed by atoms with E-state index in [2.05, 4.69) is 31.7 Å². The van der Waals surface area contributed by atoms with E-state index in [1.165, 1.54) is 11.3 Å². The number of carbonyl (C=O) groups excluding carboxylic acids is 1. The molecule has 1 aromatic rings. The summed E-state index contributed by atoms with van der Waals surface area (Å²) in [7, 11) is 0. The second-order valence-electron chi connectivity index (χ2n) is 5.58. The van der Waals surface area contributed by atoms with Crippen LogP contribution in [0.1, 0.15) is 39.7 Å². The Morgan fingerprint density at radius 2 is 2.11 bits per heavy atom. The molecule has 0 N–H and O–H groups in total. The van der Waals surface area contributed by atoms with Crippen LogP contribution >= 0.6 is 11.6 Å². The molecule has 1 aliphatic heterocycles. The predicted octanol–water partition coefficient (Wildman–Crippen LogP) is 4.32. The Balaban J connectivity index is 2.62. The summed E-state index contributed by atoms with van der Waals surface area (Å²) in [6.45, 7) is 8.95. The van der Waals surface area contributed by atoms with Gasteiger partial charge in [-0.1, -0.05) is 32.4 Å². The summed E-state index contributed by atoms with van der Waals surface area (Å²) in [5, 5.41) is 0.743. The fourth-order valence-corrected chi connectivity index (χ4v) is 2.94. The van der Waals surface area contributed by atoms with Gasteiger partial charge in [-0.15, -0.1) is 0 Å². The molecule has 0 unspecified atom stereocenters. The molecule has 0 radical (unpaired) electrons. The Morgan fingerprint density at radius 1 is 1.42 bits per heavy atom. The van der Waals surface area contributed by atoms with Crippen LogP contribution in [0.25, 0.3) is 0 Å². The van der Waals surface area contributed by atoms with Crippen molar-refractivity contribution in [2.75, 3.05) is 11.4 Å². The Morgan fingerprint density at radius 3 is 2.68 bits per heavy atom. The van der Waals surface area contributed by atoms with E-state index in [0.29, 0.717) is 0 Å². The number of ketones is 1. The SMILES string of the molecule is CCCN1/C(=C/C(C)=O)C(C)(C)c2cc(Cl)ccc21. The first-order valence-electron chi connectivity index (χ1n) is 6.68. The topological polar surface area (TPSA) is 20.3 Å². The molecule has 0 saturated carbocycles. The smallest absolute Gasteiger partial charge is 0.154 e. The van der Waals surface area contributed by atoms with Gasteiger partial charge in [0.1, 0.15) is 0 Å². The number of nitrogens with zero attached hydrogens (tertiary/aromatic N) is 1. The molecule has 1 heterocycles. The first kappa shape index (κ1) is 14.1. The van der Waals surface area contributed by atoms with Crippen LogP contribution in [0.15, 0.2) is 30.0 Å². The van der Waals surface area contributed by atoms with Crippen LogP contribution in [-0.2, 0) is 10.2 Å². The minimum atomic E-state index is -0.179. The van der Waals surface area contributed by atoms with Gasteiger partial charge in [-0.3, -0.25) is 4.79 Å². The first-order chi connectivity index (χ1) is 8.87. The van der Waals surface area contributed by atoms with Crippen LogP contribution in [0.2, 0.25) is 5.02 Å². The second kappa shape index (κ2) is 5.01. The highest BCUT2D eigenvalue weighted by Gasteiger charge is 2.39. The molecule has 0 atom stereocenters. The molecule has 102 valence electrons. The molecular formula is C16H20ClNO. The van der Waals surface area contributed by atoms with Crippen molar-refractivity contribution in [3.05, 3.63) is 40.6 Å².